The minimum absolute atomic E-state index is 0.0887. The van der Waals surface area contributed by atoms with Gasteiger partial charge in [0, 0.05) is 32.7 Å². The van der Waals surface area contributed by atoms with Crippen molar-refractivity contribution in [2.24, 2.45) is 14.1 Å². The van der Waals surface area contributed by atoms with E-state index in [1.807, 2.05) is 18.2 Å². The minimum atomic E-state index is -0.157. The van der Waals surface area contributed by atoms with Gasteiger partial charge in [0.1, 0.15) is 11.5 Å². The first kappa shape index (κ1) is 21.8. The lowest BCUT2D eigenvalue weighted by Crippen LogP contribution is -2.30. The van der Waals surface area contributed by atoms with Crippen LogP contribution in [-0.4, -0.2) is 42.4 Å². The Morgan fingerprint density at radius 2 is 1.66 bits per heavy atom. The van der Waals surface area contributed by atoms with E-state index in [0.29, 0.717) is 17.2 Å². The van der Waals surface area contributed by atoms with Crippen molar-refractivity contribution in [1.29, 1.82) is 0 Å². The van der Waals surface area contributed by atoms with Gasteiger partial charge in [0.25, 0.3) is 0 Å². The number of carbonyl (C=O) groups excluding carboxylic acids is 1. The second kappa shape index (κ2) is 8.98. The average molecular weight is 439 g/mol. The Kier molecular flexibility index (Phi) is 6.12. The number of rotatable bonds is 6. The Morgan fingerprint density at radius 3 is 2.31 bits per heavy atom. The van der Waals surface area contributed by atoms with Gasteiger partial charge in [-0.3, -0.25) is 13.9 Å². The Bertz CT molecular complexity index is 1200. The normalized spacial score (nSPS) is 13.9. The highest BCUT2D eigenvalue weighted by Gasteiger charge is 2.20. The molecule has 1 aliphatic heterocycles. The highest BCUT2D eigenvalue weighted by Crippen LogP contribution is 2.33. The molecule has 4 rings (SSSR count). The molecule has 2 heterocycles. The maximum Gasteiger partial charge on any atom is 0.328 e. The Balaban J connectivity index is 1.70. The van der Waals surface area contributed by atoms with E-state index < -0.39 is 0 Å². The summed E-state index contributed by atoms with van der Waals surface area (Å²) in [5.41, 5.74) is 3.96. The highest BCUT2D eigenvalue weighted by molar-refractivity contribution is 5.99. The highest BCUT2D eigenvalue weighted by atomic mass is 16.5. The van der Waals surface area contributed by atoms with Crippen molar-refractivity contribution in [3.63, 3.8) is 0 Å². The van der Waals surface area contributed by atoms with Crippen molar-refractivity contribution in [2.75, 3.05) is 37.5 Å². The summed E-state index contributed by atoms with van der Waals surface area (Å²) in [6.07, 6.45) is 3.58. The molecule has 1 aromatic heterocycles. The van der Waals surface area contributed by atoms with Gasteiger partial charge in [-0.2, -0.15) is 0 Å². The zero-order chi connectivity index (χ0) is 22.8. The predicted molar refractivity (Wildman–Crippen MR) is 126 cm³/mol. The topological polar surface area (TPSA) is 77.7 Å². The molecule has 1 aliphatic rings. The smallest absolute Gasteiger partial charge is 0.328 e. The summed E-state index contributed by atoms with van der Waals surface area (Å²) in [6.45, 7) is 1.86. The monoisotopic (exact) mass is 438 g/mol. The molecule has 0 saturated carbocycles. The summed E-state index contributed by atoms with van der Waals surface area (Å²) in [4.78, 5) is 27.9. The third kappa shape index (κ3) is 4.04. The fourth-order valence-corrected chi connectivity index (χ4v) is 4.42. The maximum absolute atomic E-state index is 13.1. The van der Waals surface area contributed by atoms with E-state index in [2.05, 4.69) is 10.2 Å². The molecule has 1 amide bonds. The number of methoxy groups -OCH3 is 2. The summed E-state index contributed by atoms with van der Waals surface area (Å²) in [6, 6.07) is 9.34. The van der Waals surface area contributed by atoms with Gasteiger partial charge < -0.3 is 19.7 Å². The Labute approximate surface area is 187 Å². The molecule has 0 bridgehead atoms. The number of aryl methyl sites for hydroxylation is 2. The number of imidazole rings is 1. The minimum Gasteiger partial charge on any atom is -0.497 e. The van der Waals surface area contributed by atoms with Gasteiger partial charge in [-0.25, -0.2) is 4.79 Å². The molecule has 0 aliphatic carbocycles. The summed E-state index contributed by atoms with van der Waals surface area (Å²) in [5.74, 6) is 1.15. The number of amides is 1. The van der Waals surface area contributed by atoms with E-state index in [-0.39, 0.29) is 18.0 Å². The van der Waals surface area contributed by atoms with Crippen LogP contribution in [0.25, 0.3) is 11.0 Å². The number of hydrogen-bond donors (Lipinski definition) is 1. The molecule has 1 fully saturated rings. The van der Waals surface area contributed by atoms with Crippen LogP contribution in [0, 0.1) is 0 Å². The fraction of sp³-hybridized carbons (Fsp3) is 0.417. The second-order valence-electron chi connectivity index (χ2n) is 8.21. The van der Waals surface area contributed by atoms with E-state index in [1.165, 1.54) is 6.42 Å². The summed E-state index contributed by atoms with van der Waals surface area (Å²) in [7, 11) is 6.70. The van der Waals surface area contributed by atoms with Crippen LogP contribution in [0.5, 0.6) is 11.5 Å². The Hall–Kier alpha value is -3.42. The van der Waals surface area contributed by atoms with Crippen LogP contribution >= 0.6 is 0 Å². The number of nitrogens with zero attached hydrogens (tertiary/aromatic N) is 3. The Morgan fingerprint density at radius 1 is 0.969 bits per heavy atom. The number of carbonyl (C=O) groups is 1. The maximum atomic E-state index is 13.1. The SMILES string of the molecule is COc1ccc(OC)c(CC(=O)Nc2cc3c(cc2N2CCCCC2)n(C)c(=O)n3C)c1. The zero-order valence-electron chi connectivity index (χ0n) is 19.1. The number of hydrogen-bond acceptors (Lipinski definition) is 5. The van der Waals surface area contributed by atoms with Crippen molar-refractivity contribution in [1.82, 2.24) is 9.13 Å². The first-order valence-electron chi connectivity index (χ1n) is 10.9. The molecule has 0 atom stereocenters. The molecule has 0 radical (unpaired) electrons. The van der Waals surface area contributed by atoms with Crippen LogP contribution in [-0.2, 0) is 25.3 Å². The van der Waals surface area contributed by atoms with Crippen molar-refractivity contribution < 1.29 is 14.3 Å². The molecule has 0 unspecified atom stereocenters. The number of aromatic nitrogens is 2. The molecule has 1 saturated heterocycles. The quantitative estimate of drug-likeness (QED) is 0.640. The molecule has 1 N–H and O–H groups in total. The van der Waals surface area contributed by atoms with Crippen LogP contribution in [0.3, 0.4) is 0 Å². The van der Waals surface area contributed by atoms with Gasteiger partial charge >= 0.3 is 5.69 Å². The number of ether oxygens (including phenoxy) is 2. The number of nitrogens with one attached hydrogen (secondary N) is 1. The van der Waals surface area contributed by atoms with Crippen molar-refractivity contribution in [3.05, 3.63) is 46.4 Å². The summed E-state index contributed by atoms with van der Waals surface area (Å²) in [5, 5.41) is 3.09. The molecule has 3 aromatic rings. The third-order valence-electron chi connectivity index (χ3n) is 6.20. The molecular formula is C24H30N4O4. The van der Waals surface area contributed by atoms with Gasteiger partial charge in [-0.05, 0) is 49.6 Å². The van der Waals surface area contributed by atoms with Gasteiger partial charge in [0.2, 0.25) is 5.91 Å². The van der Waals surface area contributed by atoms with E-state index >= 15 is 0 Å². The fourth-order valence-electron chi connectivity index (χ4n) is 4.42. The number of fused-ring (bicyclic) bond motifs is 1. The van der Waals surface area contributed by atoms with Crippen molar-refractivity contribution >= 4 is 28.3 Å². The first-order chi connectivity index (χ1) is 15.4. The van der Waals surface area contributed by atoms with Crippen LogP contribution < -0.4 is 25.4 Å². The molecular weight excluding hydrogens is 408 g/mol. The summed E-state index contributed by atoms with van der Waals surface area (Å²) >= 11 is 0. The molecule has 170 valence electrons. The number of benzene rings is 2. The molecule has 32 heavy (non-hydrogen) atoms. The van der Waals surface area contributed by atoms with Gasteiger partial charge in [0.15, 0.2) is 0 Å². The van der Waals surface area contributed by atoms with Gasteiger partial charge in [-0.1, -0.05) is 0 Å². The number of anilines is 2. The van der Waals surface area contributed by atoms with Crippen molar-refractivity contribution in [2.45, 2.75) is 25.7 Å². The first-order valence-corrected chi connectivity index (χ1v) is 10.9. The lowest BCUT2D eigenvalue weighted by molar-refractivity contribution is -0.115. The van der Waals surface area contributed by atoms with E-state index in [9.17, 15) is 9.59 Å². The van der Waals surface area contributed by atoms with E-state index in [0.717, 1.165) is 48.2 Å². The van der Waals surface area contributed by atoms with E-state index in [4.69, 9.17) is 9.47 Å². The summed E-state index contributed by atoms with van der Waals surface area (Å²) < 4.78 is 14.0. The van der Waals surface area contributed by atoms with Crippen LogP contribution in [0.4, 0.5) is 11.4 Å². The lowest BCUT2D eigenvalue weighted by Gasteiger charge is -2.30. The zero-order valence-corrected chi connectivity index (χ0v) is 19.1. The van der Waals surface area contributed by atoms with Crippen LogP contribution in [0.15, 0.2) is 35.1 Å². The van der Waals surface area contributed by atoms with Crippen molar-refractivity contribution in [3.8, 4) is 11.5 Å². The van der Waals surface area contributed by atoms with Gasteiger partial charge in [-0.15, -0.1) is 0 Å². The molecule has 0 spiro atoms. The largest absolute Gasteiger partial charge is 0.497 e. The third-order valence-corrected chi connectivity index (χ3v) is 6.20. The van der Waals surface area contributed by atoms with E-state index in [1.54, 1.807) is 49.6 Å². The molecule has 8 heteroatoms. The lowest BCUT2D eigenvalue weighted by atomic mass is 10.1. The second-order valence-corrected chi connectivity index (χ2v) is 8.21. The molecule has 8 nitrogen and oxygen atoms in total. The van der Waals surface area contributed by atoms with Gasteiger partial charge in [0.05, 0.1) is 43.0 Å². The van der Waals surface area contributed by atoms with Crippen LogP contribution in [0.2, 0.25) is 0 Å². The van der Waals surface area contributed by atoms with Crippen LogP contribution in [0.1, 0.15) is 24.8 Å². The number of piperidine rings is 1. The predicted octanol–water partition coefficient (Wildman–Crippen LogP) is 3.07. The molecule has 2 aromatic carbocycles. The standard InChI is InChI=1S/C24H30N4O4/c1-26-20-14-18(25-23(29)13-16-12-17(31-3)8-9-22(16)32-4)19(28-10-6-5-7-11-28)15-21(20)27(2)24(26)30/h8-9,12,14-15H,5-7,10-11,13H2,1-4H3,(H,25,29). The average Bonchev–Trinajstić information content (AvgIpc) is 3.02.